The van der Waals surface area contributed by atoms with Gasteiger partial charge in [-0.1, -0.05) is 12.1 Å². The Hall–Kier alpha value is -3.65. The number of aliphatic imine (C=N–C) groups is 1. The van der Waals surface area contributed by atoms with Gasteiger partial charge in [0.05, 0.1) is 25.3 Å². The summed E-state index contributed by atoms with van der Waals surface area (Å²) in [7, 11) is 1.23. The monoisotopic (exact) mass is 518 g/mol. The van der Waals surface area contributed by atoms with Crippen molar-refractivity contribution in [3.8, 4) is 0 Å². The Balaban J connectivity index is 1.63. The summed E-state index contributed by atoms with van der Waals surface area (Å²) in [5.41, 5.74) is -0.390. The van der Waals surface area contributed by atoms with Crippen LogP contribution in [0.25, 0.3) is 0 Å². The van der Waals surface area contributed by atoms with E-state index < -0.39 is 42.3 Å². The molecule has 0 amide bonds. The normalized spacial score (nSPS) is 23.9. The van der Waals surface area contributed by atoms with Crippen molar-refractivity contribution in [2.45, 2.75) is 30.8 Å². The maximum absolute atomic E-state index is 14.5. The number of rotatable bonds is 6. The van der Waals surface area contributed by atoms with Crippen molar-refractivity contribution < 1.29 is 22.7 Å². The second kappa shape index (κ2) is 9.09. The second-order valence-corrected chi connectivity index (χ2v) is 9.51. The minimum Gasteiger partial charge on any atom is -0.466 e. The molecule has 3 aromatic rings. The number of hydrogen-bond donors (Lipinski definition) is 2. The molecule has 0 unspecified atom stereocenters. The number of halogens is 3. The van der Waals surface area contributed by atoms with E-state index in [4.69, 9.17) is 9.73 Å². The number of methoxy groups -OCH3 is 1. The molecule has 2 N–H and O–H groups in total. The maximum atomic E-state index is 14.5. The molecule has 0 saturated carbocycles. The van der Waals surface area contributed by atoms with Gasteiger partial charge >= 0.3 is 5.97 Å². The molecule has 2 aliphatic rings. The lowest BCUT2D eigenvalue weighted by molar-refractivity contribution is -0.137. The third-order valence-corrected chi connectivity index (χ3v) is 7.01. The third-order valence-electron chi connectivity index (χ3n) is 6.23. The predicted molar refractivity (Wildman–Crippen MR) is 123 cm³/mol. The number of esters is 1. The van der Waals surface area contributed by atoms with Crippen LogP contribution in [-0.2, 0) is 15.1 Å². The summed E-state index contributed by atoms with van der Waals surface area (Å²) >= 11 is 1.32. The first-order valence-corrected chi connectivity index (χ1v) is 11.8. The highest BCUT2D eigenvalue weighted by atomic mass is 32.1. The molecule has 10 nitrogen and oxygen atoms in total. The molecular formula is C22H21F3N8O2S. The number of ether oxygens (including phenoxy) is 1. The van der Waals surface area contributed by atoms with Gasteiger partial charge in [0.1, 0.15) is 11.4 Å². The van der Waals surface area contributed by atoms with Crippen molar-refractivity contribution in [1.82, 2.24) is 35.8 Å². The van der Waals surface area contributed by atoms with E-state index in [1.807, 2.05) is 0 Å². The van der Waals surface area contributed by atoms with E-state index in [0.29, 0.717) is 22.1 Å². The van der Waals surface area contributed by atoms with Crippen molar-refractivity contribution in [2.24, 2.45) is 4.99 Å². The van der Waals surface area contributed by atoms with Crippen LogP contribution in [0, 0.1) is 5.82 Å². The summed E-state index contributed by atoms with van der Waals surface area (Å²) in [6, 6.07) is 4.77. The number of nitrogens with zero attached hydrogens (tertiary/aromatic N) is 6. The zero-order chi connectivity index (χ0) is 25.5. The Morgan fingerprint density at radius 1 is 1.31 bits per heavy atom. The molecule has 2 atom stereocenters. The van der Waals surface area contributed by atoms with Gasteiger partial charge in [0.2, 0.25) is 0 Å². The number of thiazole rings is 1. The van der Waals surface area contributed by atoms with Crippen molar-refractivity contribution in [3.05, 3.63) is 69.3 Å². The van der Waals surface area contributed by atoms with E-state index in [0.717, 1.165) is 0 Å². The fourth-order valence-electron chi connectivity index (χ4n) is 4.60. The van der Waals surface area contributed by atoms with Crippen LogP contribution in [0.4, 0.5) is 13.2 Å². The summed E-state index contributed by atoms with van der Waals surface area (Å²) in [5, 5.41) is 18.9. The van der Waals surface area contributed by atoms with Gasteiger partial charge in [0.15, 0.2) is 16.7 Å². The van der Waals surface area contributed by atoms with Crippen molar-refractivity contribution >= 4 is 23.1 Å². The quantitative estimate of drug-likeness (QED) is 0.478. The lowest BCUT2D eigenvalue weighted by Gasteiger charge is -2.36. The van der Waals surface area contributed by atoms with Crippen molar-refractivity contribution in [3.63, 3.8) is 0 Å². The van der Waals surface area contributed by atoms with Crippen LogP contribution in [0.15, 0.2) is 52.1 Å². The molecule has 1 fully saturated rings. The molecule has 188 valence electrons. The highest BCUT2D eigenvalue weighted by Crippen LogP contribution is 2.43. The fourth-order valence-corrected chi connectivity index (χ4v) is 5.19. The lowest BCUT2D eigenvalue weighted by Crippen LogP contribution is -2.45. The Kier molecular flexibility index (Phi) is 6.08. The van der Waals surface area contributed by atoms with Crippen LogP contribution in [0.2, 0.25) is 0 Å². The van der Waals surface area contributed by atoms with Gasteiger partial charge in [-0.15, -0.1) is 16.4 Å². The number of amidine groups is 1. The molecule has 14 heteroatoms. The summed E-state index contributed by atoms with van der Waals surface area (Å²) in [5.74, 6) is -3.60. The van der Waals surface area contributed by atoms with Crippen LogP contribution in [0.1, 0.15) is 35.8 Å². The molecule has 2 aromatic heterocycles. The Bertz CT molecular complexity index is 1310. The van der Waals surface area contributed by atoms with Gasteiger partial charge in [-0.05, 0) is 35.0 Å². The average molecular weight is 519 g/mol. The molecule has 0 bridgehead atoms. The van der Waals surface area contributed by atoms with Crippen LogP contribution in [0.5, 0.6) is 0 Å². The molecule has 36 heavy (non-hydrogen) atoms. The lowest BCUT2D eigenvalue weighted by atomic mass is 9.82. The van der Waals surface area contributed by atoms with Gasteiger partial charge < -0.3 is 10.1 Å². The minimum absolute atomic E-state index is 0.0907. The summed E-state index contributed by atoms with van der Waals surface area (Å²) < 4.78 is 47.9. The van der Waals surface area contributed by atoms with Gasteiger partial charge in [-0.2, -0.15) is 0 Å². The number of aromatic amines is 1. The highest BCUT2D eigenvalue weighted by molar-refractivity contribution is 7.11. The van der Waals surface area contributed by atoms with E-state index in [1.54, 1.807) is 18.5 Å². The standard InChI is InChI=1S/C22H21F3N8O2S/c1-21(12-3-5-13(23)6-4-12)16(20(34)35-2)14(27-18(28-21)19-26-7-8-36-19)10-33-11-22(24,25)9-15(33)17-29-31-32-30-17/h3-8,15H,9-11H2,1-2H3,(H,27,28)(H,29,30,31,32)/t15-,21-/m0/s1. The van der Waals surface area contributed by atoms with Crippen LogP contribution < -0.4 is 5.32 Å². The number of H-pyrrole nitrogens is 1. The van der Waals surface area contributed by atoms with Crippen LogP contribution in [-0.4, -0.2) is 68.4 Å². The average Bonchev–Trinajstić information content (AvgIpc) is 3.60. The Labute approximate surface area is 207 Å². The second-order valence-electron chi connectivity index (χ2n) is 8.61. The molecule has 1 saturated heterocycles. The number of aromatic nitrogens is 5. The molecule has 0 aliphatic carbocycles. The molecule has 2 aliphatic heterocycles. The Morgan fingerprint density at radius 3 is 2.72 bits per heavy atom. The van der Waals surface area contributed by atoms with E-state index >= 15 is 0 Å². The maximum Gasteiger partial charge on any atom is 0.338 e. The number of benzene rings is 1. The molecule has 0 radical (unpaired) electrons. The summed E-state index contributed by atoms with van der Waals surface area (Å²) in [6.45, 7) is 1.03. The van der Waals surface area contributed by atoms with Gasteiger partial charge in [-0.25, -0.2) is 33.0 Å². The minimum atomic E-state index is -3.00. The number of nitrogens with one attached hydrogen (secondary N) is 2. The van der Waals surface area contributed by atoms with Gasteiger partial charge in [0, 0.05) is 30.2 Å². The van der Waals surface area contributed by atoms with E-state index in [9.17, 15) is 18.0 Å². The first-order chi connectivity index (χ1) is 17.2. The number of alkyl halides is 2. The first-order valence-electron chi connectivity index (χ1n) is 10.9. The summed E-state index contributed by atoms with van der Waals surface area (Å²) in [4.78, 5) is 23.8. The topological polar surface area (TPSA) is 121 Å². The first kappa shape index (κ1) is 24.1. The van der Waals surface area contributed by atoms with E-state index in [2.05, 4.69) is 30.9 Å². The van der Waals surface area contributed by atoms with E-state index in [1.165, 1.54) is 47.6 Å². The summed E-state index contributed by atoms with van der Waals surface area (Å²) in [6.07, 6.45) is 1.11. The molecule has 0 spiro atoms. The highest BCUT2D eigenvalue weighted by Gasteiger charge is 2.49. The van der Waals surface area contributed by atoms with Crippen molar-refractivity contribution in [1.29, 1.82) is 0 Å². The van der Waals surface area contributed by atoms with Gasteiger partial charge in [-0.3, -0.25) is 4.90 Å². The zero-order valence-electron chi connectivity index (χ0n) is 19.2. The third kappa shape index (κ3) is 4.37. The number of carbonyl (C=O) groups excluding carboxylic acids is 1. The zero-order valence-corrected chi connectivity index (χ0v) is 20.0. The molecule has 4 heterocycles. The predicted octanol–water partition coefficient (Wildman–Crippen LogP) is 2.57. The van der Waals surface area contributed by atoms with Gasteiger partial charge in [0.25, 0.3) is 5.92 Å². The van der Waals surface area contributed by atoms with E-state index in [-0.39, 0.29) is 17.9 Å². The number of tetrazole rings is 1. The largest absolute Gasteiger partial charge is 0.466 e. The molecule has 5 rings (SSSR count). The fraction of sp³-hybridized carbons (Fsp3) is 0.364. The van der Waals surface area contributed by atoms with Crippen molar-refractivity contribution in [2.75, 3.05) is 20.2 Å². The van der Waals surface area contributed by atoms with Crippen LogP contribution in [0.3, 0.4) is 0 Å². The number of carbonyl (C=O) groups is 1. The number of hydrogen-bond acceptors (Lipinski definition) is 10. The molecular weight excluding hydrogens is 497 g/mol. The smallest absolute Gasteiger partial charge is 0.338 e. The van der Waals surface area contributed by atoms with Crippen LogP contribution >= 0.6 is 11.3 Å². The number of likely N-dealkylation sites (tertiary alicyclic amines) is 1. The molecule has 1 aromatic carbocycles. The SMILES string of the molecule is COC(=O)C1=C(CN2CC(F)(F)C[C@H]2c2nnn[nH]2)NC(c2nccs2)=N[C@@]1(C)c1ccc(F)cc1. The Morgan fingerprint density at radius 2 is 2.08 bits per heavy atom.